The number of carboxylic acid groups (broad SMARTS) is 1. The minimum Gasteiger partial charge on any atom is -0.477 e. The fraction of sp³-hybridized carbons (Fsp3) is 0.231. The van der Waals surface area contributed by atoms with E-state index in [4.69, 9.17) is 15.6 Å². The van der Waals surface area contributed by atoms with Crippen molar-refractivity contribution in [2.24, 2.45) is 5.73 Å². The number of methoxy groups -OCH3 is 2. The number of aromatic nitrogens is 4. The first-order chi connectivity index (χ1) is 18.0. The summed E-state index contributed by atoms with van der Waals surface area (Å²) in [6.07, 6.45) is 0. The Bertz CT molecular complexity index is 1190. The number of nitrogens with zero attached hydrogens (tertiary/aromatic N) is 2. The summed E-state index contributed by atoms with van der Waals surface area (Å²) >= 11 is 0. The largest absolute Gasteiger partial charge is 0.477 e. The van der Waals surface area contributed by atoms with Gasteiger partial charge in [0.25, 0.3) is 5.91 Å². The number of nitrogens with two attached hydrogens (primary N) is 1. The second-order valence-corrected chi connectivity index (χ2v) is 7.40. The molecule has 4 aromatic rings. The van der Waals surface area contributed by atoms with Gasteiger partial charge in [-0.15, -0.1) is 0 Å². The van der Waals surface area contributed by atoms with Crippen molar-refractivity contribution in [3.8, 4) is 22.5 Å². The van der Waals surface area contributed by atoms with E-state index in [1.165, 1.54) is 6.07 Å². The predicted octanol–water partition coefficient (Wildman–Crippen LogP) is 2.82. The molecular formula is C26H32N6O5. The van der Waals surface area contributed by atoms with Crippen LogP contribution >= 0.6 is 0 Å². The van der Waals surface area contributed by atoms with Crippen LogP contribution in [0, 0.1) is 0 Å². The second-order valence-electron chi connectivity index (χ2n) is 7.40. The monoisotopic (exact) mass is 508 g/mol. The van der Waals surface area contributed by atoms with Gasteiger partial charge >= 0.3 is 5.97 Å². The topological polar surface area (TPSA) is 168 Å². The zero-order valence-corrected chi connectivity index (χ0v) is 20.8. The van der Waals surface area contributed by atoms with E-state index in [2.05, 4.69) is 30.4 Å². The number of carbonyl (C=O) groups excluding carboxylic acids is 1. The van der Waals surface area contributed by atoms with Gasteiger partial charge in [0.2, 0.25) is 0 Å². The summed E-state index contributed by atoms with van der Waals surface area (Å²) < 4.78 is 9.43. The van der Waals surface area contributed by atoms with Crippen molar-refractivity contribution in [2.75, 3.05) is 40.5 Å². The number of amides is 1. The van der Waals surface area contributed by atoms with E-state index in [1.807, 2.05) is 60.7 Å². The van der Waals surface area contributed by atoms with E-state index in [-0.39, 0.29) is 11.6 Å². The molecule has 2 aromatic heterocycles. The Balaban J connectivity index is 0.000000225. The third-order valence-electron chi connectivity index (χ3n) is 4.68. The maximum absolute atomic E-state index is 11.7. The lowest BCUT2D eigenvalue weighted by atomic mass is 10.1. The van der Waals surface area contributed by atoms with Gasteiger partial charge in [-0.25, -0.2) is 4.79 Å². The van der Waals surface area contributed by atoms with Crippen LogP contribution in [-0.2, 0) is 9.47 Å². The molecule has 4 rings (SSSR count). The third-order valence-corrected chi connectivity index (χ3v) is 4.68. The molecule has 37 heavy (non-hydrogen) atoms. The van der Waals surface area contributed by atoms with Crippen molar-refractivity contribution in [1.29, 1.82) is 0 Å². The number of carbonyl (C=O) groups is 2. The smallest absolute Gasteiger partial charge is 0.353 e. The van der Waals surface area contributed by atoms with E-state index in [0.29, 0.717) is 37.7 Å². The minimum absolute atomic E-state index is 0.101. The van der Waals surface area contributed by atoms with Crippen LogP contribution in [0.4, 0.5) is 0 Å². The third kappa shape index (κ3) is 10.1. The van der Waals surface area contributed by atoms with Crippen molar-refractivity contribution in [1.82, 2.24) is 25.7 Å². The SMILES string of the molecule is COCCN.COCCNC(=O)c1cc(-c2ccccc2)n[nH]1.O=C(O)c1cc(-c2ccccc2)n[nH]1. The van der Waals surface area contributed by atoms with Gasteiger partial charge in [-0.2, -0.15) is 10.2 Å². The summed E-state index contributed by atoms with van der Waals surface area (Å²) in [6.45, 7) is 2.26. The summed E-state index contributed by atoms with van der Waals surface area (Å²) in [7, 11) is 3.22. The number of nitrogens with one attached hydrogen (secondary N) is 3. The molecule has 0 bridgehead atoms. The second kappa shape index (κ2) is 16.4. The van der Waals surface area contributed by atoms with Crippen LogP contribution in [0.2, 0.25) is 0 Å². The average molecular weight is 509 g/mol. The van der Waals surface area contributed by atoms with Crippen LogP contribution in [-0.4, -0.2) is 77.9 Å². The molecule has 0 saturated carbocycles. The number of hydrogen-bond acceptors (Lipinski definition) is 7. The zero-order chi connectivity index (χ0) is 26.9. The summed E-state index contributed by atoms with van der Waals surface area (Å²) in [5.41, 5.74) is 8.84. The standard InChI is InChI=1S/C13H15N3O2.C10H8N2O2.C3H9NO/c1-18-8-7-14-13(17)12-9-11(15-16-12)10-5-3-2-4-6-10;13-10(14)9-6-8(11-12-9)7-4-2-1-3-5-7;1-5-3-2-4/h2-6,9H,7-8H2,1H3,(H,14,17)(H,15,16);1-6H,(H,11,12)(H,13,14);2-4H2,1H3. The molecule has 11 heteroatoms. The molecule has 0 atom stereocenters. The van der Waals surface area contributed by atoms with Gasteiger partial charge in [-0.3, -0.25) is 15.0 Å². The van der Waals surface area contributed by atoms with Gasteiger partial charge in [-0.05, 0) is 12.1 Å². The highest BCUT2D eigenvalue weighted by Gasteiger charge is 2.10. The highest BCUT2D eigenvalue weighted by Crippen LogP contribution is 2.17. The molecule has 1 amide bonds. The van der Waals surface area contributed by atoms with Crippen LogP contribution in [0.3, 0.4) is 0 Å². The minimum atomic E-state index is -1.00. The van der Waals surface area contributed by atoms with Gasteiger partial charge in [0.15, 0.2) is 0 Å². The first-order valence-electron chi connectivity index (χ1n) is 11.4. The maximum atomic E-state index is 11.7. The molecular weight excluding hydrogens is 476 g/mol. The summed E-state index contributed by atoms with van der Waals surface area (Å²) in [6, 6.07) is 22.4. The number of carboxylic acids is 1. The molecule has 2 aromatic carbocycles. The van der Waals surface area contributed by atoms with Crippen molar-refractivity contribution >= 4 is 11.9 Å². The van der Waals surface area contributed by atoms with E-state index in [0.717, 1.165) is 16.8 Å². The molecule has 196 valence electrons. The molecule has 0 fully saturated rings. The van der Waals surface area contributed by atoms with E-state index in [9.17, 15) is 9.59 Å². The van der Waals surface area contributed by atoms with E-state index >= 15 is 0 Å². The van der Waals surface area contributed by atoms with E-state index in [1.54, 1.807) is 20.3 Å². The Morgan fingerprint density at radius 2 is 1.32 bits per heavy atom. The number of ether oxygens (including phenoxy) is 2. The first-order valence-corrected chi connectivity index (χ1v) is 11.4. The molecule has 0 aliphatic heterocycles. The fourth-order valence-corrected chi connectivity index (χ4v) is 2.86. The van der Waals surface area contributed by atoms with Crippen molar-refractivity contribution in [3.05, 3.63) is 84.2 Å². The van der Waals surface area contributed by atoms with Crippen LogP contribution in [0.25, 0.3) is 22.5 Å². The molecule has 0 aliphatic rings. The number of H-pyrrole nitrogens is 2. The lowest BCUT2D eigenvalue weighted by molar-refractivity contribution is 0.0690. The highest BCUT2D eigenvalue weighted by molar-refractivity contribution is 5.93. The number of hydrogen-bond donors (Lipinski definition) is 5. The summed E-state index contributed by atoms with van der Waals surface area (Å²) in [4.78, 5) is 22.3. The number of aromatic amines is 2. The van der Waals surface area contributed by atoms with Gasteiger partial charge in [0.1, 0.15) is 11.4 Å². The van der Waals surface area contributed by atoms with Gasteiger partial charge < -0.3 is 25.6 Å². The van der Waals surface area contributed by atoms with Crippen LogP contribution < -0.4 is 11.1 Å². The fourth-order valence-electron chi connectivity index (χ4n) is 2.86. The normalized spacial score (nSPS) is 9.92. The van der Waals surface area contributed by atoms with Crippen LogP contribution in [0.15, 0.2) is 72.8 Å². The number of benzene rings is 2. The summed E-state index contributed by atoms with van der Waals surface area (Å²) in [5, 5.41) is 24.6. The van der Waals surface area contributed by atoms with Crippen molar-refractivity contribution in [2.45, 2.75) is 0 Å². The maximum Gasteiger partial charge on any atom is 0.353 e. The Morgan fingerprint density at radius 3 is 1.73 bits per heavy atom. The Labute approximate surface area is 215 Å². The van der Waals surface area contributed by atoms with Gasteiger partial charge in [-0.1, -0.05) is 60.7 Å². The molecule has 0 aliphatic carbocycles. The Morgan fingerprint density at radius 1 is 0.838 bits per heavy atom. The number of rotatable bonds is 9. The lowest BCUT2D eigenvalue weighted by Gasteiger charge is -2.01. The molecule has 2 heterocycles. The van der Waals surface area contributed by atoms with Crippen molar-refractivity contribution < 1.29 is 24.2 Å². The molecule has 11 nitrogen and oxygen atoms in total. The summed E-state index contributed by atoms with van der Waals surface area (Å²) in [5.74, 6) is -1.18. The number of aromatic carboxylic acids is 1. The lowest BCUT2D eigenvalue weighted by Crippen LogP contribution is -2.27. The van der Waals surface area contributed by atoms with Crippen LogP contribution in [0.5, 0.6) is 0 Å². The molecule has 6 N–H and O–H groups in total. The van der Waals surface area contributed by atoms with Gasteiger partial charge in [0.05, 0.1) is 24.6 Å². The zero-order valence-electron chi connectivity index (χ0n) is 20.8. The van der Waals surface area contributed by atoms with Crippen LogP contribution in [0.1, 0.15) is 21.0 Å². The Kier molecular flexibility index (Phi) is 12.8. The quantitative estimate of drug-likeness (QED) is 0.215. The predicted molar refractivity (Wildman–Crippen MR) is 140 cm³/mol. The molecule has 0 radical (unpaired) electrons. The first kappa shape index (κ1) is 28.9. The Hall–Kier alpha value is -4.32. The van der Waals surface area contributed by atoms with Crippen molar-refractivity contribution in [3.63, 3.8) is 0 Å². The molecule has 0 saturated heterocycles. The molecule has 0 spiro atoms. The van der Waals surface area contributed by atoms with Gasteiger partial charge in [0, 0.05) is 38.4 Å². The molecule has 0 unspecified atom stereocenters. The average Bonchev–Trinajstić information content (AvgIpc) is 3.62. The highest BCUT2D eigenvalue weighted by atomic mass is 16.5. The van der Waals surface area contributed by atoms with E-state index < -0.39 is 5.97 Å².